The van der Waals surface area contributed by atoms with Crippen LogP contribution in [0.3, 0.4) is 0 Å². The summed E-state index contributed by atoms with van der Waals surface area (Å²) in [6.45, 7) is 2.30. The first-order chi connectivity index (χ1) is 19.8. The lowest BCUT2D eigenvalue weighted by Crippen LogP contribution is -2.27. The number of hydrogen-bond donors (Lipinski definition) is 1. The number of nitrogens with one attached hydrogen (secondary N) is 1. The van der Waals surface area contributed by atoms with Crippen LogP contribution in [-0.2, 0) is 22.4 Å². The Hall–Kier alpha value is -4.89. The van der Waals surface area contributed by atoms with Gasteiger partial charge in [0.2, 0.25) is 11.9 Å². The van der Waals surface area contributed by atoms with E-state index in [1.54, 1.807) is 6.92 Å². The van der Waals surface area contributed by atoms with Crippen molar-refractivity contribution in [2.75, 3.05) is 5.32 Å². The Morgan fingerprint density at radius 1 is 1.05 bits per heavy atom. The first kappa shape index (κ1) is 27.3. The van der Waals surface area contributed by atoms with Gasteiger partial charge in [0.25, 0.3) is 0 Å². The number of amides is 1. The summed E-state index contributed by atoms with van der Waals surface area (Å²) >= 11 is 0. The topological polar surface area (TPSA) is 116 Å². The number of carbonyl (C=O) groups is 1. The average Bonchev–Trinajstić information content (AvgIpc) is 3.64. The molecule has 0 aromatic carbocycles. The summed E-state index contributed by atoms with van der Waals surface area (Å²) in [5.74, 6) is -2.88. The molecule has 0 aliphatic heterocycles. The zero-order chi connectivity index (χ0) is 30.0. The molecule has 216 valence electrons. The molecule has 10 nitrogen and oxygen atoms in total. The lowest BCUT2D eigenvalue weighted by Gasteiger charge is -2.24. The van der Waals surface area contributed by atoms with Gasteiger partial charge in [-0.15, -0.1) is 5.10 Å². The van der Waals surface area contributed by atoms with Crippen molar-refractivity contribution in [3.8, 4) is 11.5 Å². The first-order valence-corrected chi connectivity index (χ1v) is 12.4. The van der Waals surface area contributed by atoms with Gasteiger partial charge in [-0.3, -0.25) is 9.78 Å². The minimum Gasteiger partial charge on any atom is -0.324 e. The number of aromatic nitrogens is 8. The van der Waals surface area contributed by atoms with Crippen LogP contribution in [0.1, 0.15) is 48.7 Å². The van der Waals surface area contributed by atoms with E-state index in [1.807, 2.05) is 0 Å². The second-order valence-electron chi connectivity index (χ2n) is 10.1. The van der Waals surface area contributed by atoms with Crippen LogP contribution in [0.25, 0.3) is 17.2 Å². The molecule has 1 amide bonds. The fourth-order valence-electron chi connectivity index (χ4n) is 5.22. The smallest absolute Gasteiger partial charge is 0.324 e. The summed E-state index contributed by atoms with van der Waals surface area (Å²) in [4.78, 5) is 29.3. The van der Waals surface area contributed by atoms with E-state index in [0.29, 0.717) is 11.6 Å². The highest BCUT2D eigenvalue weighted by molar-refractivity contribution is 5.97. The highest BCUT2D eigenvalue weighted by Crippen LogP contribution is 2.50. The van der Waals surface area contributed by atoms with E-state index in [0.717, 1.165) is 24.5 Å². The molecule has 1 aliphatic rings. The quantitative estimate of drug-likeness (QED) is 0.290. The minimum atomic E-state index is -4.85. The molecular weight excluding hydrogens is 568 g/mol. The fourth-order valence-corrected chi connectivity index (χ4v) is 5.22. The number of carbonyl (C=O) groups excluding carboxylic acids is 1. The highest BCUT2D eigenvalue weighted by Gasteiger charge is 2.49. The molecule has 16 heteroatoms. The molecule has 5 aromatic rings. The van der Waals surface area contributed by atoms with Gasteiger partial charge in [-0.1, -0.05) is 0 Å². The number of halogens is 6. The lowest BCUT2D eigenvalue weighted by molar-refractivity contribution is -0.137. The van der Waals surface area contributed by atoms with Crippen molar-refractivity contribution in [1.82, 2.24) is 39.3 Å². The summed E-state index contributed by atoms with van der Waals surface area (Å²) < 4.78 is 85.7. The summed E-state index contributed by atoms with van der Waals surface area (Å²) in [5, 5.41) is 10.3. The lowest BCUT2D eigenvalue weighted by atomic mass is 9.82. The van der Waals surface area contributed by atoms with Crippen LogP contribution in [0.2, 0.25) is 0 Å². The van der Waals surface area contributed by atoms with E-state index < -0.39 is 46.7 Å². The Bertz CT molecular complexity index is 1830. The molecule has 1 N–H and O–H groups in total. The number of pyridine rings is 1. The number of anilines is 1. The third-order valence-electron chi connectivity index (χ3n) is 7.10. The molecule has 6 rings (SSSR count). The van der Waals surface area contributed by atoms with Crippen molar-refractivity contribution in [1.29, 1.82) is 0 Å². The molecule has 0 fully saturated rings. The van der Waals surface area contributed by atoms with Gasteiger partial charge < -0.3 is 5.32 Å². The standard InChI is InChI=1S/C26H19F6N9O/c1-24(17-4-7-40(38-17)25(2,28)29)10-14(15-12-35-19-9-18(27)39-41(19)21(15)24)23(42)37-13-8-16(26(30,31)32)20(36-11-13)22-33-5-3-6-34-22/h3-9,11-12,14H,10H2,1-2H3,(H,37,42)/t14-,24-/m0/s1. The van der Waals surface area contributed by atoms with Crippen LogP contribution in [0, 0.1) is 5.95 Å². The van der Waals surface area contributed by atoms with E-state index in [2.05, 4.69) is 35.5 Å². The summed E-state index contributed by atoms with van der Waals surface area (Å²) in [6.07, 6.45) is 1.10. The van der Waals surface area contributed by atoms with Gasteiger partial charge in [-0.05, 0) is 31.5 Å². The molecule has 42 heavy (non-hydrogen) atoms. The molecule has 0 bridgehead atoms. The van der Waals surface area contributed by atoms with Crippen LogP contribution >= 0.6 is 0 Å². The molecule has 0 radical (unpaired) electrons. The number of alkyl halides is 5. The Kier molecular flexibility index (Phi) is 6.06. The van der Waals surface area contributed by atoms with Crippen molar-refractivity contribution in [2.24, 2.45) is 0 Å². The SMILES string of the molecule is CC(F)(F)n1ccc([C@]2(C)C[C@H](C(=O)Nc3cnc(-c4ncccn4)c(C(F)(F)F)c3)c3cnc4cc(F)nn4c32)n1. The van der Waals surface area contributed by atoms with Crippen molar-refractivity contribution >= 4 is 17.2 Å². The van der Waals surface area contributed by atoms with Crippen molar-refractivity contribution in [2.45, 2.75) is 43.8 Å². The second-order valence-corrected chi connectivity index (χ2v) is 10.1. The van der Waals surface area contributed by atoms with E-state index in [4.69, 9.17) is 0 Å². The Morgan fingerprint density at radius 2 is 1.79 bits per heavy atom. The van der Waals surface area contributed by atoms with Gasteiger partial charge in [0.05, 0.1) is 40.2 Å². The number of rotatable bonds is 5. The van der Waals surface area contributed by atoms with Gasteiger partial charge in [0.15, 0.2) is 11.5 Å². The summed E-state index contributed by atoms with van der Waals surface area (Å²) in [5.41, 5.74) is -2.35. The largest absolute Gasteiger partial charge is 0.418 e. The van der Waals surface area contributed by atoms with E-state index in [-0.39, 0.29) is 40.5 Å². The fraction of sp³-hybridized carbons (Fsp3) is 0.269. The van der Waals surface area contributed by atoms with Gasteiger partial charge in [0.1, 0.15) is 5.69 Å². The minimum absolute atomic E-state index is 0.0573. The predicted octanol–water partition coefficient (Wildman–Crippen LogP) is 4.94. The van der Waals surface area contributed by atoms with E-state index in [1.165, 1.54) is 35.2 Å². The molecule has 5 heterocycles. The van der Waals surface area contributed by atoms with E-state index >= 15 is 0 Å². The number of fused-ring (bicyclic) bond motifs is 3. The third-order valence-corrected chi connectivity index (χ3v) is 7.10. The summed E-state index contributed by atoms with van der Waals surface area (Å²) in [6, 6.07) is 1.27. The maximum Gasteiger partial charge on any atom is 0.418 e. The molecule has 0 unspecified atom stereocenters. The van der Waals surface area contributed by atoms with Crippen LogP contribution < -0.4 is 5.32 Å². The highest BCUT2D eigenvalue weighted by atomic mass is 19.4. The average molecular weight is 587 g/mol. The van der Waals surface area contributed by atoms with Gasteiger partial charge in [-0.2, -0.15) is 31.4 Å². The number of nitrogens with zero attached hydrogens (tertiary/aromatic N) is 8. The van der Waals surface area contributed by atoms with Gasteiger partial charge in [0, 0.05) is 43.3 Å². The summed E-state index contributed by atoms with van der Waals surface area (Å²) in [7, 11) is 0. The maximum absolute atomic E-state index is 14.2. The number of hydrogen-bond acceptors (Lipinski definition) is 7. The second kappa shape index (κ2) is 9.32. The Balaban J connectivity index is 1.40. The molecule has 1 aliphatic carbocycles. The van der Waals surface area contributed by atoms with Crippen molar-refractivity contribution in [3.63, 3.8) is 0 Å². The zero-order valence-corrected chi connectivity index (χ0v) is 21.7. The van der Waals surface area contributed by atoms with Crippen LogP contribution in [0.15, 0.2) is 55.2 Å². The molecular formula is C26H19F6N9O. The van der Waals surface area contributed by atoms with Crippen LogP contribution in [0.4, 0.5) is 32.0 Å². The van der Waals surface area contributed by atoms with Crippen LogP contribution in [-0.4, -0.2) is 45.2 Å². The van der Waals surface area contributed by atoms with Gasteiger partial charge in [-0.25, -0.2) is 24.1 Å². The Morgan fingerprint density at radius 3 is 2.45 bits per heavy atom. The van der Waals surface area contributed by atoms with Crippen molar-refractivity contribution in [3.05, 3.63) is 83.7 Å². The first-order valence-electron chi connectivity index (χ1n) is 12.4. The molecule has 0 saturated heterocycles. The zero-order valence-electron chi connectivity index (χ0n) is 21.7. The van der Waals surface area contributed by atoms with Crippen molar-refractivity contribution < 1.29 is 31.1 Å². The molecule has 2 atom stereocenters. The maximum atomic E-state index is 14.2. The molecule has 0 saturated carbocycles. The monoisotopic (exact) mass is 587 g/mol. The van der Waals surface area contributed by atoms with Crippen LogP contribution in [0.5, 0.6) is 0 Å². The molecule has 0 spiro atoms. The van der Waals surface area contributed by atoms with E-state index in [9.17, 15) is 31.1 Å². The Labute approximate surface area is 232 Å². The predicted molar refractivity (Wildman–Crippen MR) is 134 cm³/mol. The molecule has 5 aromatic heterocycles. The van der Waals surface area contributed by atoms with Gasteiger partial charge >= 0.3 is 12.2 Å². The normalized spacial score (nSPS) is 18.8. The third kappa shape index (κ3) is 4.52.